The number of rotatable bonds is 4. The van der Waals surface area contributed by atoms with Gasteiger partial charge in [0.05, 0.1) is 44.4 Å². The van der Waals surface area contributed by atoms with Crippen molar-refractivity contribution in [3.05, 3.63) is 194 Å². The first-order valence-electron chi connectivity index (χ1n) is 20.0. The third kappa shape index (κ3) is 4.61. The van der Waals surface area contributed by atoms with Crippen LogP contribution in [-0.4, -0.2) is 19.1 Å². The van der Waals surface area contributed by atoms with Gasteiger partial charge in [0.25, 0.3) is 0 Å². The standard InChI is InChI=1S/C54H32N4O/c1-2-15-34(16-3-1)50-42-23-6-9-24-44(42)55-54(56-50)35-18-12-19-36(32-35)57-46-25-10-7-21-38(46)40-28-29-43-49-47(31-30-41-39-22-8-11-27-48(39)59-53(41)49)58(52(43)51(40)57)45-26-13-17-33-14-4-5-20-37(33)45/h1-32H. The van der Waals surface area contributed by atoms with Gasteiger partial charge >= 0.3 is 0 Å². The molecule has 9 aromatic carbocycles. The Morgan fingerprint density at radius 3 is 2.00 bits per heavy atom. The topological polar surface area (TPSA) is 48.8 Å². The van der Waals surface area contributed by atoms with Gasteiger partial charge in [-0.15, -0.1) is 0 Å². The molecule has 0 aliphatic carbocycles. The highest BCUT2D eigenvalue weighted by atomic mass is 16.3. The zero-order valence-electron chi connectivity index (χ0n) is 31.7. The zero-order valence-corrected chi connectivity index (χ0v) is 31.7. The Balaban J connectivity index is 1.16. The molecule has 13 rings (SSSR count). The molecule has 274 valence electrons. The lowest BCUT2D eigenvalue weighted by Crippen LogP contribution is -2.00. The summed E-state index contributed by atoms with van der Waals surface area (Å²) in [6, 6.07) is 68.9. The molecule has 0 amide bonds. The molecule has 0 bridgehead atoms. The zero-order chi connectivity index (χ0) is 38.6. The number of benzene rings is 9. The van der Waals surface area contributed by atoms with Crippen LogP contribution < -0.4 is 0 Å². The minimum atomic E-state index is 0.687. The van der Waals surface area contributed by atoms with E-state index in [2.05, 4.69) is 185 Å². The van der Waals surface area contributed by atoms with Crippen LogP contribution in [0.3, 0.4) is 0 Å². The van der Waals surface area contributed by atoms with Crippen molar-refractivity contribution < 1.29 is 4.42 Å². The quantitative estimate of drug-likeness (QED) is 0.180. The average Bonchev–Trinajstić information content (AvgIpc) is 3.96. The fourth-order valence-corrected chi connectivity index (χ4v) is 9.54. The van der Waals surface area contributed by atoms with E-state index in [0.717, 1.165) is 93.9 Å². The minimum absolute atomic E-state index is 0.687. The largest absolute Gasteiger partial charge is 0.455 e. The van der Waals surface area contributed by atoms with E-state index in [9.17, 15) is 0 Å². The lowest BCUT2D eigenvalue weighted by molar-refractivity contribution is 0.673. The Morgan fingerprint density at radius 1 is 0.407 bits per heavy atom. The Kier molecular flexibility index (Phi) is 6.66. The van der Waals surface area contributed by atoms with Crippen LogP contribution in [0.5, 0.6) is 0 Å². The Morgan fingerprint density at radius 2 is 1.08 bits per heavy atom. The van der Waals surface area contributed by atoms with Crippen LogP contribution in [0.15, 0.2) is 199 Å². The highest BCUT2D eigenvalue weighted by Crippen LogP contribution is 2.46. The van der Waals surface area contributed by atoms with Crippen LogP contribution in [0.4, 0.5) is 0 Å². The fraction of sp³-hybridized carbons (Fsp3) is 0. The fourth-order valence-electron chi connectivity index (χ4n) is 9.54. The van der Waals surface area contributed by atoms with Crippen LogP contribution in [0.1, 0.15) is 0 Å². The van der Waals surface area contributed by atoms with Crippen LogP contribution in [0.25, 0.3) is 121 Å². The van der Waals surface area contributed by atoms with E-state index in [1.165, 1.54) is 21.5 Å². The van der Waals surface area contributed by atoms with Gasteiger partial charge in [0, 0.05) is 54.5 Å². The Hall–Kier alpha value is -8.02. The van der Waals surface area contributed by atoms with E-state index in [1.54, 1.807) is 0 Å². The molecule has 0 aliphatic heterocycles. The Bertz CT molecular complexity index is 3850. The maximum Gasteiger partial charge on any atom is 0.160 e. The monoisotopic (exact) mass is 752 g/mol. The van der Waals surface area contributed by atoms with Crippen molar-refractivity contribution in [2.24, 2.45) is 0 Å². The molecule has 5 nitrogen and oxygen atoms in total. The number of furan rings is 1. The molecule has 0 fully saturated rings. The molecule has 4 heterocycles. The van der Waals surface area contributed by atoms with Crippen LogP contribution in [-0.2, 0) is 0 Å². The molecular formula is C54H32N4O. The highest BCUT2D eigenvalue weighted by molar-refractivity contribution is 6.29. The number of aromatic nitrogens is 4. The van der Waals surface area contributed by atoms with Crippen molar-refractivity contribution in [1.82, 2.24) is 19.1 Å². The summed E-state index contributed by atoms with van der Waals surface area (Å²) in [6.07, 6.45) is 0. The summed E-state index contributed by atoms with van der Waals surface area (Å²) in [5, 5.41) is 10.2. The second-order valence-electron chi connectivity index (χ2n) is 15.3. The first-order chi connectivity index (χ1) is 29.3. The molecular weight excluding hydrogens is 721 g/mol. The van der Waals surface area contributed by atoms with Crippen LogP contribution in [0, 0.1) is 0 Å². The van der Waals surface area contributed by atoms with Crippen LogP contribution in [0.2, 0.25) is 0 Å². The van der Waals surface area contributed by atoms with Gasteiger partial charge in [0.2, 0.25) is 0 Å². The summed E-state index contributed by atoms with van der Waals surface area (Å²) in [4.78, 5) is 10.4. The van der Waals surface area contributed by atoms with E-state index in [1.807, 2.05) is 18.2 Å². The van der Waals surface area contributed by atoms with Gasteiger partial charge in [-0.1, -0.05) is 146 Å². The molecule has 0 aliphatic rings. The molecule has 0 N–H and O–H groups in total. The third-order valence-electron chi connectivity index (χ3n) is 12.1. The molecule has 0 atom stereocenters. The number of fused-ring (bicyclic) bond motifs is 13. The number of hydrogen-bond donors (Lipinski definition) is 0. The van der Waals surface area contributed by atoms with Crippen molar-refractivity contribution in [2.45, 2.75) is 0 Å². The van der Waals surface area contributed by atoms with Crippen molar-refractivity contribution in [2.75, 3.05) is 0 Å². The molecule has 59 heavy (non-hydrogen) atoms. The van der Waals surface area contributed by atoms with Crippen molar-refractivity contribution >= 4 is 87.2 Å². The summed E-state index contributed by atoms with van der Waals surface area (Å²) >= 11 is 0. The number of para-hydroxylation sites is 3. The van der Waals surface area contributed by atoms with E-state index in [-0.39, 0.29) is 0 Å². The first kappa shape index (κ1) is 32.1. The summed E-state index contributed by atoms with van der Waals surface area (Å²) in [5.74, 6) is 0.687. The van der Waals surface area contributed by atoms with Gasteiger partial charge in [-0.05, 0) is 53.9 Å². The number of nitrogens with zero attached hydrogens (tertiary/aromatic N) is 4. The molecule has 13 aromatic rings. The summed E-state index contributed by atoms with van der Waals surface area (Å²) in [7, 11) is 0. The maximum atomic E-state index is 6.80. The van der Waals surface area contributed by atoms with Gasteiger partial charge in [-0.2, -0.15) is 0 Å². The lowest BCUT2D eigenvalue weighted by atomic mass is 10.1. The Labute approximate surface area is 337 Å². The predicted molar refractivity (Wildman–Crippen MR) is 244 cm³/mol. The molecule has 0 saturated heterocycles. The smallest absolute Gasteiger partial charge is 0.160 e. The van der Waals surface area contributed by atoms with Gasteiger partial charge < -0.3 is 13.6 Å². The van der Waals surface area contributed by atoms with Gasteiger partial charge in [-0.3, -0.25) is 0 Å². The van der Waals surface area contributed by atoms with Crippen molar-refractivity contribution in [3.8, 4) is 34.0 Å². The van der Waals surface area contributed by atoms with Gasteiger partial charge in [-0.25, -0.2) is 9.97 Å². The van der Waals surface area contributed by atoms with Crippen molar-refractivity contribution in [3.63, 3.8) is 0 Å². The van der Waals surface area contributed by atoms with Crippen molar-refractivity contribution in [1.29, 1.82) is 0 Å². The molecule has 4 aromatic heterocycles. The van der Waals surface area contributed by atoms with Gasteiger partial charge in [0.1, 0.15) is 11.2 Å². The van der Waals surface area contributed by atoms with E-state index in [4.69, 9.17) is 14.4 Å². The van der Waals surface area contributed by atoms with Gasteiger partial charge in [0.15, 0.2) is 5.82 Å². The molecule has 0 spiro atoms. The second kappa shape index (κ2) is 12.2. The highest BCUT2D eigenvalue weighted by Gasteiger charge is 2.25. The summed E-state index contributed by atoms with van der Waals surface area (Å²) < 4.78 is 11.7. The first-order valence-corrected chi connectivity index (χ1v) is 20.0. The summed E-state index contributed by atoms with van der Waals surface area (Å²) in [6.45, 7) is 0. The summed E-state index contributed by atoms with van der Waals surface area (Å²) in [5.41, 5.74) is 12.3. The molecule has 5 heteroatoms. The minimum Gasteiger partial charge on any atom is -0.455 e. The normalized spacial score (nSPS) is 12.1. The molecule has 0 unspecified atom stereocenters. The average molecular weight is 753 g/mol. The maximum absolute atomic E-state index is 6.80. The third-order valence-corrected chi connectivity index (χ3v) is 12.1. The SMILES string of the molecule is c1ccc(-c2nc(-c3cccc(-n4c5ccccc5c5ccc6c7c8oc9ccccc9c8ccc7n(-c7cccc8ccccc78)c6c54)c3)nc3ccccc23)cc1. The molecule has 0 saturated carbocycles. The van der Waals surface area contributed by atoms with Crippen LogP contribution >= 0.6 is 0 Å². The lowest BCUT2D eigenvalue weighted by Gasteiger charge is -2.15. The van der Waals surface area contributed by atoms with E-state index in [0.29, 0.717) is 5.82 Å². The predicted octanol–water partition coefficient (Wildman–Crippen LogP) is 14.2. The second-order valence-corrected chi connectivity index (χ2v) is 15.3. The molecule has 0 radical (unpaired) electrons. The van der Waals surface area contributed by atoms with E-state index >= 15 is 0 Å². The van der Waals surface area contributed by atoms with E-state index < -0.39 is 0 Å². The number of hydrogen-bond acceptors (Lipinski definition) is 3.